The smallest absolute Gasteiger partial charge is 0.264 e. The van der Waals surface area contributed by atoms with Gasteiger partial charge in [-0.05, 0) is 55.5 Å². The standard InChI is InChI=1S/C22H20F2N2O4S/c1-15-3-10-19(11-4-15)31(28,29)26(17-6-8-18(30-2)9-7-17)14-22(27)25-16-5-12-20(23)21(24)13-16/h3-13H,14H2,1-2H3,(H,25,27). The molecule has 0 spiro atoms. The molecule has 0 saturated carbocycles. The van der Waals surface area contributed by atoms with E-state index in [0.29, 0.717) is 5.75 Å². The Hall–Kier alpha value is -3.46. The molecular formula is C22H20F2N2O4S. The van der Waals surface area contributed by atoms with Gasteiger partial charge in [-0.15, -0.1) is 0 Å². The molecule has 3 aromatic rings. The molecule has 0 unspecified atom stereocenters. The van der Waals surface area contributed by atoms with Crippen LogP contribution in [0.1, 0.15) is 5.56 Å². The van der Waals surface area contributed by atoms with E-state index >= 15 is 0 Å². The third-order valence-corrected chi connectivity index (χ3v) is 6.25. The fourth-order valence-electron chi connectivity index (χ4n) is 2.81. The van der Waals surface area contributed by atoms with Crippen LogP contribution in [-0.4, -0.2) is 28.0 Å². The minimum absolute atomic E-state index is 0.00585. The molecule has 0 atom stereocenters. The van der Waals surface area contributed by atoms with Crippen molar-refractivity contribution in [3.8, 4) is 5.75 Å². The van der Waals surface area contributed by atoms with Gasteiger partial charge in [-0.2, -0.15) is 0 Å². The number of sulfonamides is 1. The van der Waals surface area contributed by atoms with Crippen molar-refractivity contribution >= 4 is 27.3 Å². The molecule has 1 N–H and O–H groups in total. The maximum absolute atomic E-state index is 13.4. The van der Waals surface area contributed by atoms with Gasteiger partial charge in [0.25, 0.3) is 10.0 Å². The van der Waals surface area contributed by atoms with E-state index in [1.54, 1.807) is 24.3 Å². The van der Waals surface area contributed by atoms with Crippen molar-refractivity contribution in [3.05, 3.63) is 83.9 Å². The van der Waals surface area contributed by atoms with Gasteiger partial charge in [0.1, 0.15) is 12.3 Å². The fourth-order valence-corrected chi connectivity index (χ4v) is 4.23. The first kappa shape index (κ1) is 22.2. The molecule has 0 radical (unpaired) electrons. The second-order valence-electron chi connectivity index (χ2n) is 6.70. The Morgan fingerprint density at radius 3 is 2.19 bits per heavy atom. The van der Waals surface area contributed by atoms with Crippen molar-refractivity contribution in [2.24, 2.45) is 0 Å². The van der Waals surface area contributed by atoms with Crippen LogP contribution in [0.2, 0.25) is 0 Å². The number of benzene rings is 3. The summed E-state index contributed by atoms with van der Waals surface area (Å²) in [7, 11) is -2.62. The van der Waals surface area contributed by atoms with Gasteiger partial charge in [0.15, 0.2) is 11.6 Å². The van der Waals surface area contributed by atoms with Crippen LogP contribution < -0.4 is 14.4 Å². The molecule has 3 rings (SSSR count). The zero-order valence-electron chi connectivity index (χ0n) is 16.8. The van der Waals surface area contributed by atoms with Crippen LogP contribution in [-0.2, 0) is 14.8 Å². The number of nitrogens with zero attached hydrogens (tertiary/aromatic N) is 1. The number of hydrogen-bond donors (Lipinski definition) is 1. The maximum atomic E-state index is 13.4. The molecule has 6 nitrogen and oxygen atoms in total. The van der Waals surface area contributed by atoms with E-state index in [4.69, 9.17) is 4.74 Å². The highest BCUT2D eigenvalue weighted by atomic mass is 32.2. The number of rotatable bonds is 7. The lowest BCUT2D eigenvalue weighted by Crippen LogP contribution is -2.38. The molecule has 0 aliphatic rings. The SMILES string of the molecule is COc1ccc(N(CC(=O)Nc2ccc(F)c(F)c2)S(=O)(=O)c2ccc(C)cc2)cc1. The average Bonchev–Trinajstić information content (AvgIpc) is 2.75. The van der Waals surface area contributed by atoms with Gasteiger partial charge in [0.2, 0.25) is 5.91 Å². The Balaban J connectivity index is 1.93. The second-order valence-corrected chi connectivity index (χ2v) is 8.56. The summed E-state index contributed by atoms with van der Waals surface area (Å²) in [6.07, 6.45) is 0. The molecule has 0 fully saturated rings. The fraction of sp³-hybridized carbons (Fsp3) is 0.136. The average molecular weight is 446 g/mol. The van der Waals surface area contributed by atoms with Crippen molar-refractivity contribution in [3.63, 3.8) is 0 Å². The zero-order chi connectivity index (χ0) is 22.6. The van der Waals surface area contributed by atoms with E-state index in [2.05, 4.69) is 5.32 Å². The Bertz CT molecular complexity index is 1180. The van der Waals surface area contributed by atoms with E-state index in [1.165, 1.54) is 37.4 Å². The lowest BCUT2D eigenvalue weighted by Gasteiger charge is -2.24. The summed E-state index contributed by atoms with van der Waals surface area (Å²) >= 11 is 0. The first-order valence-electron chi connectivity index (χ1n) is 9.19. The Morgan fingerprint density at radius 1 is 0.968 bits per heavy atom. The van der Waals surface area contributed by atoms with Crippen molar-refractivity contribution in [1.29, 1.82) is 0 Å². The van der Waals surface area contributed by atoms with Crippen LogP contribution >= 0.6 is 0 Å². The Labute approximate surface area is 179 Å². The number of aryl methyl sites for hydroxylation is 1. The molecule has 9 heteroatoms. The third kappa shape index (κ3) is 5.18. The molecule has 0 saturated heterocycles. The van der Waals surface area contributed by atoms with Gasteiger partial charge in [-0.1, -0.05) is 17.7 Å². The number of nitrogens with one attached hydrogen (secondary N) is 1. The topological polar surface area (TPSA) is 75.7 Å². The summed E-state index contributed by atoms with van der Waals surface area (Å²) in [5.41, 5.74) is 1.12. The lowest BCUT2D eigenvalue weighted by atomic mass is 10.2. The predicted octanol–water partition coefficient (Wildman–Crippen LogP) is 4.12. The van der Waals surface area contributed by atoms with Gasteiger partial charge in [-0.25, -0.2) is 17.2 Å². The molecule has 0 aromatic heterocycles. The van der Waals surface area contributed by atoms with Gasteiger partial charge < -0.3 is 10.1 Å². The highest BCUT2D eigenvalue weighted by molar-refractivity contribution is 7.92. The highest BCUT2D eigenvalue weighted by Crippen LogP contribution is 2.26. The minimum atomic E-state index is -4.10. The van der Waals surface area contributed by atoms with E-state index in [9.17, 15) is 22.0 Å². The normalized spacial score (nSPS) is 11.1. The van der Waals surface area contributed by atoms with Crippen LogP contribution in [0.25, 0.3) is 0 Å². The largest absolute Gasteiger partial charge is 0.497 e. The molecular weight excluding hydrogens is 426 g/mol. The summed E-state index contributed by atoms with van der Waals surface area (Å²) in [4.78, 5) is 12.6. The van der Waals surface area contributed by atoms with Crippen LogP contribution in [0.15, 0.2) is 71.6 Å². The Kier molecular flexibility index (Phi) is 6.55. The molecule has 0 aliphatic carbocycles. The summed E-state index contributed by atoms with van der Waals surface area (Å²) in [5, 5.41) is 2.39. The highest BCUT2D eigenvalue weighted by Gasteiger charge is 2.27. The number of methoxy groups -OCH3 is 1. The Morgan fingerprint density at radius 2 is 1.61 bits per heavy atom. The van der Waals surface area contributed by atoms with Crippen molar-refractivity contribution < 1.29 is 26.7 Å². The van der Waals surface area contributed by atoms with Crippen LogP contribution in [0, 0.1) is 18.6 Å². The third-order valence-electron chi connectivity index (χ3n) is 4.46. The number of ether oxygens (including phenoxy) is 1. The number of amides is 1. The molecule has 0 heterocycles. The van der Waals surface area contributed by atoms with E-state index in [0.717, 1.165) is 22.0 Å². The summed E-state index contributed by atoms with van der Waals surface area (Å²) in [5.74, 6) is -2.39. The van der Waals surface area contributed by atoms with Crippen molar-refractivity contribution in [1.82, 2.24) is 0 Å². The summed E-state index contributed by atoms with van der Waals surface area (Å²) in [6.45, 7) is 1.24. The zero-order valence-corrected chi connectivity index (χ0v) is 17.6. The first-order chi connectivity index (χ1) is 14.7. The number of hydrogen-bond acceptors (Lipinski definition) is 4. The van der Waals surface area contributed by atoms with Crippen LogP contribution in [0.4, 0.5) is 20.2 Å². The van der Waals surface area contributed by atoms with E-state index in [-0.39, 0.29) is 16.3 Å². The summed E-state index contributed by atoms with van der Waals surface area (Å²) in [6, 6.07) is 15.2. The second kappa shape index (κ2) is 9.13. The van der Waals surface area contributed by atoms with Crippen molar-refractivity contribution in [2.45, 2.75) is 11.8 Å². The van der Waals surface area contributed by atoms with E-state index < -0.39 is 34.1 Å². The van der Waals surface area contributed by atoms with Crippen LogP contribution in [0.5, 0.6) is 5.75 Å². The number of halogens is 2. The number of carbonyl (C=O) groups is 1. The monoisotopic (exact) mass is 446 g/mol. The number of anilines is 2. The van der Waals surface area contributed by atoms with Gasteiger partial charge >= 0.3 is 0 Å². The van der Waals surface area contributed by atoms with Crippen molar-refractivity contribution in [2.75, 3.05) is 23.3 Å². The quantitative estimate of drug-likeness (QED) is 0.593. The molecule has 3 aromatic carbocycles. The maximum Gasteiger partial charge on any atom is 0.264 e. The van der Waals surface area contributed by atoms with Crippen LogP contribution in [0.3, 0.4) is 0 Å². The van der Waals surface area contributed by atoms with Gasteiger partial charge in [0.05, 0.1) is 17.7 Å². The van der Waals surface area contributed by atoms with E-state index in [1.807, 2.05) is 6.92 Å². The lowest BCUT2D eigenvalue weighted by molar-refractivity contribution is -0.114. The molecule has 0 aliphatic heterocycles. The number of carbonyl (C=O) groups excluding carboxylic acids is 1. The molecule has 31 heavy (non-hydrogen) atoms. The molecule has 0 bridgehead atoms. The minimum Gasteiger partial charge on any atom is -0.497 e. The molecule has 162 valence electrons. The van der Waals surface area contributed by atoms with Gasteiger partial charge in [-0.3, -0.25) is 9.10 Å². The molecule has 1 amide bonds. The summed E-state index contributed by atoms with van der Waals surface area (Å²) < 4.78 is 59.2. The first-order valence-corrected chi connectivity index (χ1v) is 10.6. The predicted molar refractivity (Wildman–Crippen MR) is 114 cm³/mol. The van der Waals surface area contributed by atoms with Gasteiger partial charge in [0, 0.05) is 11.8 Å².